The Morgan fingerprint density at radius 2 is 1.85 bits per heavy atom. The molecule has 2 aromatic carbocycles. The van der Waals surface area contributed by atoms with Crippen molar-refractivity contribution < 1.29 is 13.2 Å². The first-order chi connectivity index (χ1) is 15.8. The molecule has 0 radical (unpaired) electrons. The highest BCUT2D eigenvalue weighted by Crippen LogP contribution is 2.30. The Bertz CT molecular complexity index is 1600. The molecule has 0 saturated heterocycles. The molecule has 0 aliphatic heterocycles. The first-order valence-electron chi connectivity index (χ1n) is 9.75. The molecule has 3 aromatic heterocycles. The first kappa shape index (κ1) is 21.0. The van der Waals surface area contributed by atoms with Gasteiger partial charge < -0.3 is 10.3 Å². The normalized spacial score (nSPS) is 12.4. The maximum atomic E-state index is 14.8. The van der Waals surface area contributed by atoms with Crippen molar-refractivity contribution in [3.05, 3.63) is 87.6 Å². The minimum Gasteiger partial charge on any atom is -0.360 e. The lowest BCUT2D eigenvalue weighted by Crippen LogP contribution is -2.27. The van der Waals surface area contributed by atoms with E-state index in [1.165, 1.54) is 18.7 Å². The van der Waals surface area contributed by atoms with Crippen LogP contribution in [0.15, 0.2) is 53.8 Å². The van der Waals surface area contributed by atoms with Crippen molar-refractivity contribution in [2.24, 2.45) is 0 Å². The van der Waals surface area contributed by atoms with Gasteiger partial charge >= 0.3 is 0 Å². The van der Waals surface area contributed by atoms with Crippen molar-refractivity contribution in [2.45, 2.75) is 13.0 Å². The fourth-order valence-electron chi connectivity index (χ4n) is 3.73. The number of rotatable bonds is 4. The third-order valence-corrected chi connectivity index (χ3v) is 5.64. The number of benzene rings is 2. The number of halogens is 4. The van der Waals surface area contributed by atoms with Crippen molar-refractivity contribution in [3.8, 4) is 5.69 Å². The van der Waals surface area contributed by atoms with Crippen LogP contribution in [0.2, 0.25) is 5.02 Å². The van der Waals surface area contributed by atoms with E-state index in [1.807, 2.05) is 0 Å². The van der Waals surface area contributed by atoms with Gasteiger partial charge in [-0.1, -0.05) is 17.7 Å². The van der Waals surface area contributed by atoms with Crippen LogP contribution in [-0.4, -0.2) is 24.5 Å². The maximum absolute atomic E-state index is 14.8. The largest absolute Gasteiger partial charge is 0.360 e. The second-order valence-corrected chi connectivity index (χ2v) is 7.70. The van der Waals surface area contributed by atoms with Crippen molar-refractivity contribution in [1.29, 1.82) is 0 Å². The molecule has 5 rings (SSSR count). The van der Waals surface area contributed by atoms with Gasteiger partial charge in [-0.05, 0) is 36.6 Å². The van der Waals surface area contributed by atoms with E-state index in [-0.39, 0.29) is 16.8 Å². The van der Waals surface area contributed by atoms with Crippen molar-refractivity contribution in [1.82, 2.24) is 24.5 Å². The van der Waals surface area contributed by atoms with Gasteiger partial charge in [0.2, 0.25) is 0 Å². The highest BCUT2D eigenvalue weighted by atomic mass is 35.5. The molecule has 0 aliphatic rings. The summed E-state index contributed by atoms with van der Waals surface area (Å²) in [6, 6.07) is 6.20. The zero-order valence-corrected chi connectivity index (χ0v) is 17.7. The van der Waals surface area contributed by atoms with Gasteiger partial charge in [0.1, 0.15) is 29.3 Å². The van der Waals surface area contributed by atoms with E-state index < -0.39 is 34.1 Å². The minimum atomic E-state index is -0.836. The Labute approximate surface area is 188 Å². The van der Waals surface area contributed by atoms with Crippen LogP contribution < -0.4 is 10.9 Å². The van der Waals surface area contributed by atoms with Crippen LogP contribution in [0.4, 0.5) is 19.0 Å². The van der Waals surface area contributed by atoms with Crippen LogP contribution in [-0.2, 0) is 0 Å². The van der Waals surface area contributed by atoms with E-state index >= 15 is 0 Å². The van der Waals surface area contributed by atoms with Gasteiger partial charge in [-0.2, -0.15) is 0 Å². The predicted molar refractivity (Wildman–Crippen MR) is 118 cm³/mol. The number of imidazole rings is 1. The van der Waals surface area contributed by atoms with Crippen LogP contribution in [0.3, 0.4) is 0 Å². The van der Waals surface area contributed by atoms with E-state index in [0.717, 1.165) is 28.8 Å². The van der Waals surface area contributed by atoms with Gasteiger partial charge in [-0.3, -0.25) is 9.36 Å². The minimum absolute atomic E-state index is 0.144. The Balaban J connectivity index is 1.77. The monoisotopic (exact) mass is 470 g/mol. The number of hydrogen-bond acceptors (Lipinski definition) is 5. The van der Waals surface area contributed by atoms with Gasteiger partial charge in [0.05, 0.1) is 28.5 Å². The number of nitrogens with one attached hydrogen (secondary N) is 2. The molecule has 0 amide bonds. The molecule has 11 heteroatoms. The van der Waals surface area contributed by atoms with Gasteiger partial charge in [0, 0.05) is 11.8 Å². The Kier molecular flexibility index (Phi) is 5.01. The van der Waals surface area contributed by atoms with E-state index in [4.69, 9.17) is 11.6 Å². The predicted octanol–water partition coefficient (Wildman–Crippen LogP) is 4.90. The summed E-state index contributed by atoms with van der Waals surface area (Å²) in [7, 11) is 0. The van der Waals surface area contributed by atoms with Gasteiger partial charge in [0.25, 0.3) is 5.56 Å². The summed E-state index contributed by atoms with van der Waals surface area (Å²) < 4.78 is 43.9. The van der Waals surface area contributed by atoms with Crippen LogP contribution in [0.1, 0.15) is 18.7 Å². The van der Waals surface area contributed by atoms with Crippen molar-refractivity contribution >= 4 is 39.4 Å². The summed E-state index contributed by atoms with van der Waals surface area (Å²) in [4.78, 5) is 28.7. The standard InChI is InChI=1S/C22H14ClF3N6O/c1-10(31-21-19-20(28-8-27-19)29-9-30-21)15-6-11-2-4-14(26)18(23)17(11)22(33)32(15)16-7-12(24)3-5-13(16)25/h2-10H,1H3,(H2,27,28,29,30,31). The van der Waals surface area contributed by atoms with E-state index in [9.17, 15) is 18.0 Å². The topological polar surface area (TPSA) is 88.5 Å². The average Bonchev–Trinajstić information content (AvgIpc) is 3.28. The highest BCUT2D eigenvalue weighted by Gasteiger charge is 2.22. The third-order valence-electron chi connectivity index (χ3n) is 5.27. The number of nitrogens with zero attached hydrogens (tertiary/aromatic N) is 4. The number of aromatic nitrogens is 5. The van der Waals surface area contributed by atoms with Crippen LogP contribution in [0, 0.1) is 17.5 Å². The fraction of sp³-hybridized carbons (Fsp3) is 0.0909. The molecule has 5 aromatic rings. The Morgan fingerprint density at radius 1 is 1.06 bits per heavy atom. The van der Waals surface area contributed by atoms with E-state index in [0.29, 0.717) is 22.4 Å². The number of fused-ring (bicyclic) bond motifs is 2. The smallest absolute Gasteiger partial charge is 0.264 e. The molecule has 1 atom stereocenters. The zero-order valence-electron chi connectivity index (χ0n) is 16.9. The summed E-state index contributed by atoms with van der Waals surface area (Å²) in [5.74, 6) is -1.99. The molecule has 0 aliphatic carbocycles. The Morgan fingerprint density at radius 3 is 2.67 bits per heavy atom. The third kappa shape index (κ3) is 3.48. The SMILES string of the molecule is CC(Nc1ncnc2nc[nH]c12)c1cc2ccc(F)c(Cl)c2c(=O)n1-c1cc(F)ccc1F. The molecule has 166 valence electrons. The molecule has 0 fully saturated rings. The average molecular weight is 471 g/mol. The molecular weight excluding hydrogens is 457 g/mol. The van der Waals surface area contributed by atoms with Gasteiger partial charge in [0.15, 0.2) is 11.5 Å². The summed E-state index contributed by atoms with van der Waals surface area (Å²) in [6.45, 7) is 1.71. The second kappa shape index (κ2) is 7.89. The lowest BCUT2D eigenvalue weighted by molar-refractivity contribution is 0.587. The molecule has 1 unspecified atom stereocenters. The molecule has 7 nitrogen and oxygen atoms in total. The van der Waals surface area contributed by atoms with E-state index in [2.05, 4.69) is 25.3 Å². The molecule has 0 spiro atoms. The summed E-state index contributed by atoms with van der Waals surface area (Å²) in [5, 5.41) is 2.95. The van der Waals surface area contributed by atoms with Crippen LogP contribution in [0.25, 0.3) is 27.6 Å². The van der Waals surface area contributed by atoms with Crippen LogP contribution in [0.5, 0.6) is 0 Å². The Hall–Kier alpha value is -3.92. The molecule has 0 bridgehead atoms. The molecule has 0 saturated carbocycles. The van der Waals surface area contributed by atoms with Crippen molar-refractivity contribution in [2.75, 3.05) is 5.32 Å². The fourth-order valence-corrected chi connectivity index (χ4v) is 3.99. The first-order valence-corrected chi connectivity index (χ1v) is 10.1. The van der Waals surface area contributed by atoms with E-state index in [1.54, 1.807) is 13.0 Å². The number of anilines is 1. The van der Waals surface area contributed by atoms with Crippen molar-refractivity contribution in [3.63, 3.8) is 0 Å². The van der Waals surface area contributed by atoms with Gasteiger partial charge in [-0.15, -0.1) is 0 Å². The summed E-state index contributed by atoms with van der Waals surface area (Å²) >= 11 is 6.08. The molecule has 33 heavy (non-hydrogen) atoms. The molecule has 3 heterocycles. The number of hydrogen-bond donors (Lipinski definition) is 2. The summed E-state index contributed by atoms with van der Waals surface area (Å²) in [6.07, 6.45) is 2.78. The zero-order chi connectivity index (χ0) is 23.3. The number of H-pyrrole nitrogens is 1. The lowest BCUT2D eigenvalue weighted by atomic mass is 10.1. The maximum Gasteiger partial charge on any atom is 0.264 e. The molecule has 2 N–H and O–H groups in total. The quantitative estimate of drug-likeness (QED) is 0.390. The lowest BCUT2D eigenvalue weighted by Gasteiger charge is -2.22. The highest BCUT2D eigenvalue weighted by molar-refractivity contribution is 6.35. The molecular formula is C22H14ClF3N6O. The van der Waals surface area contributed by atoms with Gasteiger partial charge in [-0.25, -0.2) is 28.1 Å². The summed E-state index contributed by atoms with van der Waals surface area (Å²) in [5.41, 5.74) is 0.0980. The van der Waals surface area contributed by atoms with Crippen LogP contribution >= 0.6 is 11.6 Å². The number of aromatic amines is 1. The second-order valence-electron chi connectivity index (χ2n) is 7.32. The number of pyridine rings is 1.